The Balaban J connectivity index is 1.57. The molecule has 1 aromatic heterocycles. The highest BCUT2D eigenvalue weighted by molar-refractivity contribution is 5.94. The number of benzene rings is 2. The standard InChI is InChI=1S/C20H19FN2O/c1-12-3-2-4-13(9-12)20(24)22-15-6-8-19-17(11-15)16-10-14(21)5-7-18(16)23-19/h2-5,7,9-10,15,23H,6,8,11H2,1H3,(H,22,24). The summed E-state index contributed by atoms with van der Waals surface area (Å²) in [7, 11) is 0. The summed E-state index contributed by atoms with van der Waals surface area (Å²) in [4.78, 5) is 15.8. The Morgan fingerprint density at radius 2 is 2.12 bits per heavy atom. The van der Waals surface area contributed by atoms with Gasteiger partial charge in [-0.15, -0.1) is 0 Å². The van der Waals surface area contributed by atoms with Crippen LogP contribution in [0.4, 0.5) is 4.39 Å². The van der Waals surface area contributed by atoms with Crippen LogP contribution in [0.5, 0.6) is 0 Å². The number of aromatic nitrogens is 1. The second kappa shape index (κ2) is 5.78. The van der Waals surface area contributed by atoms with E-state index in [2.05, 4.69) is 10.3 Å². The number of hydrogen-bond acceptors (Lipinski definition) is 1. The van der Waals surface area contributed by atoms with Gasteiger partial charge in [-0.3, -0.25) is 4.79 Å². The van der Waals surface area contributed by atoms with Gasteiger partial charge < -0.3 is 10.3 Å². The lowest BCUT2D eigenvalue weighted by Gasteiger charge is -2.23. The van der Waals surface area contributed by atoms with Crippen LogP contribution in [0.15, 0.2) is 42.5 Å². The average Bonchev–Trinajstić information content (AvgIpc) is 2.92. The molecule has 0 saturated heterocycles. The number of nitrogens with one attached hydrogen (secondary N) is 2. The van der Waals surface area contributed by atoms with Crippen molar-refractivity contribution in [2.45, 2.75) is 32.2 Å². The molecule has 1 amide bonds. The molecule has 1 aliphatic carbocycles. The van der Waals surface area contributed by atoms with Crippen molar-refractivity contribution in [1.29, 1.82) is 0 Å². The molecule has 1 unspecified atom stereocenters. The van der Waals surface area contributed by atoms with Crippen LogP contribution < -0.4 is 5.32 Å². The second-order valence-corrected chi connectivity index (χ2v) is 6.55. The van der Waals surface area contributed by atoms with Gasteiger partial charge in [-0.25, -0.2) is 4.39 Å². The monoisotopic (exact) mass is 322 g/mol. The number of amides is 1. The van der Waals surface area contributed by atoms with Crippen LogP contribution in [0.1, 0.15) is 33.6 Å². The van der Waals surface area contributed by atoms with Crippen LogP contribution >= 0.6 is 0 Å². The van der Waals surface area contributed by atoms with Gasteiger partial charge in [-0.2, -0.15) is 0 Å². The van der Waals surface area contributed by atoms with Crippen molar-refractivity contribution in [3.8, 4) is 0 Å². The summed E-state index contributed by atoms with van der Waals surface area (Å²) >= 11 is 0. The third-order valence-electron chi connectivity index (χ3n) is 4.77. The largest absolute Gasteiger partial charge is 0.358 e. The van der Waals surface area contributed by atoms with Crippen molar-refractivity contribution in [2.24, 2.45) is 0 Å². The minimum atomic E-state index is -0.227. The number of rotatable bonds is 2. The van der Waals surface area contributed by atoms with Gasteiger partial charge in [0.05, 0.1) is 0 Å². The molecule has 0 saturated carbocycles. The third kappa shape index (κ3) is 2.68. The Hall–Kier alpha value is -2.62. The first-order chi connectivity index (χ1) is 11.6. The Bertz CT molecular complexity index is 929. The van der Waals surface area contributed by atoms with E-state index in [-0.39, 0.29) is 17.8 Å². The molecule has 3 aromatic rings. The number of carbonyl (C=O) groups is 1. The minimum absolute atomic E-state index is 0.0434. The lowest BCUT2D eigenvalue weighted by atomic mass is 9.91. The van der Waals surface area contributed by atoms with E-state index in [1.807, 2.05) is 31.2 Å². The van der Waals surface area contributed by atoms with Gasteiger partial charge in [0.15, 0.2) is 0 Å². The summed E-state index contributed by atoms with van der Waals surface area (Å²) in [6.45, 7) is 1.98. The fourth-order valence-corrected chi connectivity index (χ4v) is 3.57. The van der Waals surface area contributed by atoms with E-state index in [0.717, 1.165) is 47.0 Å². The fourth-order valence-electron chi connectivity index (χ4n) is 3.57. The number of carbonyl (C=O) groups excluding carboxylic acids is 1. The first-order valence-electron chi connectivity index (χ1n) is 8.26. The van der Waals surface area contributed by atoms with E-state index < -0.39 is 0 Å². The van der Waals surface area contributed by atoms with Crippen molar-refractivity contribution in [3.63, 3.8) is 0 Å². The van der Waals surface area contributed by atoms with Crippen LogP contribution in [-0.2, 0) is 12.8 Å². The van der Waals surface area contributed by atoms with E-state index in [9.17, 15) is 9.18 Å². The summed E-state index contributed by atoms with van der Waals surface area (Å²) in [5, 5.41) is 4.06. The number of fused-ring (bicyclic) bond motifs is 3. The number of hydrogen-bond donors (Lipinski definition) is 2. The van der Waals surface area contributed by atoms with Crippen LogP contribution in [0.3, 0.4) is 0 Å². The zero-order chi connectivity index (χ0) is 16.7. The van der Waals surface area contributed by atoms with Crippen molar-refractivity contribution in [2.75, 3.05) is 0 Å². The fraction of sp³-hybridized carbons (Fsp3) is 0.250. The summed E-state index contributed by atoms with van der Waals surface area (Å²) < 4.78 is 13.6. The normalized spacial score (nSPS) is 16.8. The molecule has 0 radical (unpaired) electrons. The third-order valence-corrected chi connectivity index (χ3v) is 4.77. The topological polar surface area (TPSA) is 44.9 Å². The van der Waals surface area contributed by atoms with E-state index in [4.69, 9.17) is 0 Å². The number of H-pyrrole nitrogens is 1. The maximum absolute atomic E-state index is 13.6. The van der Waals surface area contributed by atoms with E-state index in [1.54, 1.807) is 12.1 Å². The Morgan fingerprint density at radius 3 is 2.96 bits per heavy atom. The van der Waals surface area contributed by atoms with Crippen LogP contribution in [0.2, 0.25) is 0 Å². The molecule has 4 rings (SSSR count). The molecule has 0 bridgehead atoms. The SMILES string of the molecule is Cc1cccc(C(=O)NC2CCc3[nH]c4ccc(F)cc4c3C2)c1. The second-order valence-electron chi connectivity index (χ2n) is 6.55. The molecule has 24 heavy (non-hydrogen) atoms. The summed E-state index contributed by atoms with van der Waals surface area (Å²) in [6.07, 6.45) is 2.49. The van der Waals surface area contributed by atoms with Crippen LogP contribution in [-0.4, -0.2) is 16.9 Å². The highest BCUT2D eigenvalue weighted by Crippen LogP contribution is 2.29. The van der Waals surface area contributed by atoms with Gasteiger partial charge in [0.25, 0.3) is 5.91 Å². The summed E-state index contributed by atoms with van der Waals surface area (Å²) in [5.41, 5.74) is 5.01. The Morgan fingerprint density at radius 1 is 1.25 bits per heavy atom. The Kier molecular flexibility index (Phi) is 3.60. The first-order valence-corrected chi connectivity index (χ1v) is 8.26. The lowest BCUT2D eigenvalue weighted by molar-refractivity contribution is 0.0933. The molecule has 0 aliphatic heterocycles. The van der Waals surface area contributed by atoms with Crippen LogP contribution in [0, 0.1) is 12.7 Å². The highest BCUT2D eigenvalue weighted by atomic mass is 19.1. The number of aryl methyl sites for hydroxylation is 2. The van der Waals surface area contributed by atoms with Crippen molar-refractivity contribution < 1.29 is 9.18 Å². The van der Waals surface area contributed by atoms with Crippen molar-refractivity contribution >= 4 is 16.8 Å². The van der Waals surface area contributed by atoms with E-state index in [1.165, 1.54) is 6.07 Å². The zero-order valence-corrected chi connectivity index (χ0v) is 13.5. The van der Waals surface area contributed by atoms with E-state index >= 15 is 0 Å². The summed E-state index contributed by atoms with van der Waals surface area (Å²) in [6, 6.07) is 12.5. The number of halogens is 1. The number of aromatic amines is 1. The molecule has 0 fully saturated rings. The molecule has 1 aliphatic rings. The molecule has 122 valence electrons. The van der Waals surface area contributed by atoms with E-state index in [0.29, 0.717) is 5.56 Å². The molecule has 0 spiro atoms. The molecule has 4 heteroatoms. The maximum Gasteiger partial charge on any atom is 0.251 e. The van der Waals surface area contributed by atoms with Gasteiger partial charge in [-0.1, -0.05) is 17.7 Å². The molecule has 2 N–H and O–H groups in total. The predicted molar refractivity (Wildman–Crippen MR) is 92.7 cm³/mol. The highest BCUT2D eigenvalue weighted by Gasteiger charge is 2.24. The molecule has 2 aromatic carbocycles. The first kappa shape index (κ1) is 14.9. The quantitative estimate of drug-likeness (QED) is 0.738. The van der Waals surface area contributed by atoms with Gasteiger partial charge in [0, 0.05) is 28.2 Å². The smallest absolute Gasteiger partial charge is 0.251 e. The lowest BCUT2D eigenvalue weighted by Crippen LogP contribution is -2.38. The summed E-state index contributed by atoms with van der Waals surface area (Å²) in [5.74, 6) is -0.270. The molecule has 1 heterocycles. The Labute approximate surface area is 139 Å². The van der Waals surface area contributed by atoms with Gasteiger partial charge >= 0.3 is 0 Å². The molecular weight excluding hydrogens is 303 g/mol. The van der Waals surface area contributed by atoms with Gasteiger partial charge in [0.2, 0.25) is 0 Å². The van der Waals surface area contributed by atoms with Gasteiger partial charge in [0.1, 0.15) is 5.82 Å². The molecular formula is C20H19FN2O. The molecule has 3 nitrogen and oxygen atoms in total. The minimum Gasteiger partial charge on any atom is -0.358 e. The van der Waals surface area contributed by atoms with Gasteiger partial charge in [-0.05, 0) is 62.1 Å². The van der Waals surface area contributed by atoms with Crippen molar-refractivity contribution in [1.82, 2.24) is 10.3 Å². The van der Waals surface area contributed by atoms with Crippen LogP contribution in [0.25, 0.3) is 10.9 Å². The predicted octanol–water partition coefficient (Wildman–Crippen LogP) is 3.90. The zero-order valence-electron chi connectivity index (χ0n) is 13.5. The maximum atomic E-state index is 13.6. The molecule has 1 atom stereocenters. The average molecular weight is 322 g/mol. The van der Waals surface area contributed by atoms with Crippen molar-refractivity contribution in [3.05, 3.63) is 70.7 Å².